The average Bonchev–Trinajstić information content (AvgIpc) is 2.93. The van der Waals surface area contributed by atoms with E-state index in [0.717, 1.165) is 38.8 Å². The number of hydrogen-bond acceptors (Lipinski definition) is 14. The van der Waals surface area contributed by atoms with Crippen LogP contribution in [0, 0.1) is 10.8 Å². The van der Waals surface area contributed by atoms with Gasteiger partial charge in [0.05, 0.1) is 0 Å². The van der Waals surface area contributed by atoms with Crippen LogP contribution in [0.15, 0.2) is 27.1 Å². The first kappa shape index (κ1) is 36.0. The Morgan fingerprint density at radius 1 is 0.614 bits per heavy atom. The Kier molecular flexibility index (Phi) is 9.74. The maximum absolute atomic E-state index is 11.1. The fraction of sp³-hybridized carbons (Fsp3) is 1.00. The van der Waals surface area contributed by atoms with Crippen molar-refractivity contribution in [3.05, 3.63) is 0 Å². The number of halogens is 4. The van der Waals surface area contributed by atoms with Crippen molar-refractivity contribution in [1.82, 2.24) is 19.5 Å². The number of rotatable bonds is 5. The van der Waals surface area contributed by atoms with Crippen molar-refractivity contribution in [3.8, 4) is 0 Å². The van der Waals surface area contributed by atoms with Crippen LogP contribution in [0.1, 0.15) is 53.4 Å². The molecule has 0 aliphatic carbocycles. The van der Waals surface area contributed by atoms with E-state index in [9.17, 15) is 20.4 Å². The number of nitrogens with one attached hydrogen (secondary N) is 2. The molecule has 4 spiro atoms. The van der Waals surface area contributed by atoms with Gasteiger partial charge in [-0.15, -0.1) is 0 Å². The van der Waals surface area contributed by atoms with Gasteiger partial charge in [-0.3, -0.25) is 10.2 Å². The number of aliphatic hydroxyl groups is 4. The van der Waals surface area contributed by atoms with Crippen molar-refractivity contribution >= 4 is 86.2 Å². The van der Waals surface area contributed by atoms with Gasteiger partial charge >= 0.3 is 0 Å². The van der Waals surface area contributed by atoms with Crippen molar-refractivity contribution < 1.29 is 20.4 Å². The molecule has 6 aliphatic heterocycles. The number of unbranched alkanes of at least 4 members (excludes halogenated alkanes) is 1. The van der Waals surface area contributed by atoms with Gasteiger partial charge in [-0.05, 0) is 70.6 Å². The lowest BCUT2D eigenvalue weighted by molar-refractivity contribution is -0.00649. The monoisotopic (exact) mass is 812 g/mol. The highest BCUT2D eigenvalue weighted by atomic mass is 35.9. The summed E-state index contributed by atoms with van der Waals surface area (Å²) in [6.07, 6.45) is 3.34. The van der Waals surface area contributed by atoms with Crippen molar-refractivity contribution in [1.29, 1.82) is 0 Å². The highest BCUT2D eigenvalue weighted by molar-refractivity contribution is 8.14. The number of aliphatic hydroxyl groups excluding tert-OH is 4. The van der Waals surface area contributed by atoms with Crippen LogP contribution in [0.4, 0.5) is 0 Å². The molecule has 254 valence electrons. The molecule has 0 aromatic rings. The molecule has 14 nitrogen and oxygen atoms in total. The van der Waals surface area contributed by atoms with Crippen LogP contribution < -0.4 is 10.2 Å². The second-order valence-electron chi connectivity index (χ2n) is 13.3. The number of hydrogen-bond donors (Lipinski definition) is 6. The van der Waals surface area contributed by atoms with Gasteiger partial charge < -0.3 is 20.4 Å². The minimum atomic E-state index is -3.18. The van der Waals surface area contributed by atoms with Crippen molar-refractivity contribution in [2.75, 3.05) is 39.3 Å². The summed E-state index contributed by atoms with van der Waals surface area (Å²) < 4.78 is 33.3. The largest absolute Gasteiger partial charge is 0.384 e. The topological polar surface area (TPSA) is 186 Å². The van der Waals surface area contributed by atoms with E-state index in [0.29, 0.717) is 26.2 Å². The molecule has 4 fully saturated rings. The van der Waals surface area contributed by atoms with Gasteiger partial charge in [0, 0.05) is 50.1 Å². The van der Waals surface area contributed by atoms with Crippen molar-refractivity contribution in [2.24, 2.45) is 37.9 Å². The zero-order valence-electron chi connectivity index (χ0n) is 24.9. The zero-order valence-corrected chi connectivity index (χ0v) is 33.3. The third kappa shape index (κ3) is 5.62. The molecule has 6 unspecified atom stereocenters. The minimum Gasteiger partial charge on any atom is -0.384 e. The first-order chi connectivity index (χ1) is 20.3. The molecule has 0 amide bonds. The van der Waals surface area contributed by atoms with Crippen LogP contribution in [0.3, 0.4) is 0 Å². The quantitative estimate of drug-likeness (QED) is 0.118. The molecule has 4 saturated heterocycles. The third-order valence-corrected chi connectivity index (χ3v) is 35.4. The van der Waals surface area contributed by atoms with E-state index in [1.54, 1.807) is 27.7 Å². The molecule has 0 saturated carbocycles. The van der Waals surface area contributed by atoms with Gasteiger partial charge in [0.25, 0.3) is 11.8 Å². The average molecular weight is 814 g/mol. The van der Waals surface area contributed by atoms with Crippen molar-refractivity contribution in [2.45, 2.75) is 76.8 Å². The van der Waals surface area contributed by atoms with Gasteiger partial charge in [-0.1, -0.05) is 27.7 Å². The van der Waals surface area contributed by atoms with E-state index in [1.807, 2.05) is 0 Å². The van der Waals surface area contributed by atoms with Gasteiger partial charge in [0.1, 0.15) is 37.8 Å². The van der Waals surface area contributed by atoms with E-state index in [1.165, 1.54) is 0 Å². The summed E-state index contributed by atoms with van der Waals surface area (Å²) in [5.74, 6) is -10.1. The Labute approximate surface area is 278 Å². The summed E-state index contributed by atoms with van der Waals surface area (Å²) in [4.78, 5) is 0. The lowest BCUT2D eigenvalue weighted by Gasteiger charge is -2.56. The lowest BCUT2D eigenvalue weighted by atomic mass is 9.94. The Morgan fingerprint density at radius 3 is 1.30 bits per heavy atom. The van der Waals surface area contributed by atoms with Crippen LogP contribution in [0.2, 0.25) is 0 Å². The predicted octanol–water partition coefficient (Wildman–Crippen LogP) is 8.71. The summed E-state index contributed by atoms with van der Waals surface area (Å²) in [6.45, 7) is 11.3. The molecule has 0 aromatic heterocycles. The summed E-state index contributed by atoms with van der Waals surface area (Å²) in [7, 11) is -11.6. The Balaban J connectivity index is 1.23. The van der Waals surface area contributed by atoms with E-state index in [-0.39, 0.29) is 0 Å². The van der Waals surface area contributed by atoms with E-state index in [2.05, 4.69) is 28.5 Å². The first-order valence-corrected chi connectivity index (χ1v) is 28.6. The summed E-state index contributed by atoms with van der Waals surface area (Å²) in [6, 6.07) is 0. The molecule has 44 heavy (non-hydrogen) atoms. The van der Waals surface area contributed by atoms with Crippen LogP contribution in [0.25, 0.3) is 0 Å². The van der Waals surface area contributed by atoms with Crippen molar-refractivity contribution in [3.63, 3.8) is 0 Å². The maximum Gasteiger partial charge on any atom is 0.256 e. The highest BCUT2D eigenvalue weighted by Crippen LogP contribution is 2.91. The Hall–Kier alpha value is 2.22. The molecule has 6 heterocycles. The lowest BCUT2D eigenvalue weighted by Crippen LogP contribution is -2.52. The van der Waals surface area contributed by atoms with Gasteiger partial charge in [-0.25, -0.2) is 27.4 Å². The normalized spacial score (nSPS) is 46.9. The van der Waals surface area contributed by atoms with E-state index >= 15 is 0 Å². The maximum atomic E-state index is 11.1. The molecule has 6 atom stereocenters. The Morgan fingerprint density at radius 2 is 0.955 bits per heavy atom. The fourth-order valence-corrected chi connectivity index (χ4v) is 38.7. The van der Waals surface area contributed by atoms with E-state index in [4.69, 9.17) is 63.0 Å². The molecule has 24 heteroatoms. The smallest absolute Gasteiger partial charge is 0.256 e. The van der Waals surface area contributed by atoms with Crippen LogP contribution >= 0.6 is 86.2 Å². The molecule has 6 aliphatic rings. The second-order valence-corrected chi connectivity index (χ2v) is 34.9. The standard InChI is InChI=1S/C20H42Cl4N10O4P6/c1-19(2)15(35)39(16(19)36)27-41(21,22)31-43(29-39)25-9-7-13-33(43)11-5-6-12-34-14-8-10-26-44(34)30-40(28-42(23,24)32-44)17(37)20(3,4)18(40)38/h15-18,25-26,35-38H,5-14H2,1-4H3. The highest BCUT2D eigenvalue weighted by Gasteiger charge is 2.66. The number of nitrogens with zero attached hydrogens (tertiary/aromatic N) is 8. The summed E-state index contributed by atoms with van der Waals surface area (Å²) >= 11 is 26.7. The molecule has 0 radical (unpaired) electrons. The van der Waals surface area contributed by atoms with Gasteiger partial charge in [0.15, 0.2) is 0 Å². The SMILES string of the molecule is CC1(C)C(O)P2(=NP3(=NP(Cl)(Cl)=N2)NCCCN3CCCCN2CCCNP23=NP(Cl)(Cl)=NP2(=N3)C(O)C(C)(C)C2O)C1O. The summed E-state index contributed by atoms with van der Waals surface area (Å²) in [5.41, 5.74) is -1.51. The molecule has 6 N–H and O–H groups in total. The molecule has 0 bridgehead atoms. The summed E-state index contributed by atoms with van der Waals surface area (Å²) in [5, 5.41) is 51.6. The molecule has 0 aromatic carbocycles. The molecule has 6 rings (SSSR count). The second kappa shape index (κ2) is 11.9. The van der Waals surface area contributed by atoms with Crippen LogP contribution in [0.5, 0.6) is 0 Å². The fourth-order valence-electron chi connectivity index (χ4n) is 6.78. The zero-order chi connectivity index (χ0) is 32.2. The van der Waals surface area contributed by atoms with Gasteiger partial charge in [-0.2, -0.15) is 9.03 Å². The predicted molar refractivity (Wildman–Crippen MR) is 189 cm³/mol. The minimum absolute atomic E-state index is 0.651. The van der Waals surface area contributed by atoms with Crippen LogP contribution in [-0.2, 0) is 0 Å². The molecular formula is C20H42Cl4N10O4P6. The molecular weight excluding hydrogens is 772 g/mol. The van der Waals surface area contributed by atoms with Crippen LogP contribution in [-0.4, -0.2) is 92.4 Å². The third-order valence-electron chi connectivity index (χ3n) is 9.31. The van der Waals surface area contributed by atoms with E-state index < -0.39 is 75.5 Å². The Bertz CT molecular complexity index is 1430. The van der Waals surface area contributed by atoms with Gasteiger partial charge in [0.2, 0.25) is 15.0 Å². The first-order valence-electron chi connectivity index (χ1n) is 14.6.